The average molecular weight is 221 g/mol. The van der Waals surface area contributed by atoms with E-state index in [1.807, 2.05) is 27.7 Å². The normalized spacial score (nSPS) is 11.5. The highest BCUT2D eigenvalue weighted by Gasteiger charge is 2.30. The number of carbonyl (C=O) groups excluding carboxylic acids is 1. The zero-order valence-corrected chi connectivity index (χ0v) is 10.3. The molecule has 1 aromatic rings. The number of anilines is 1. The number of hydrogen-bond donors (Lipinski definition) is 2. The molecule has 4 nitrogen and oxygen atoms in total. The molecule has 0 saturated carbocycles. The molecule has 0 unspecified atom stereocenters. The molecule has 3 N–H and O–H groups in total. The molecule has 16 heavy (non-hydrogen) atoms. The second-order valence-electron chi connectivity index (χ2n) is 4.37. The molecule has 1 heterocycles. The quantitative estimate of drug-likeness (QED) is 0.757. The van der Waals surface area contributed by atoms with Gasteiger partial charge >= 0.3 is 0 Å². The van der Waals surface area contributed by atoms with Crippen molar-refractivity contribution in [2.75, 3.05) is 12.3 Å². The van der Waals surface area contributed by atoms with Gasteiger partial charge in [-0.3, -0.25) is 4.79 Å². The fraction of sp³-hybridized carbons (Fsp3) is 0.500. The van der Waals surface area contributed by atoms with E-state index in [2.05, 4.69) is 10.3 Å². The number of nitrogens with two attached hydrogens (primary N) is 1. The van der Waals surface area contributed by atoms with E-state index in [1.54, 1.807) is 12.3 Å². The maximum Gasteiger partial charge on any atom is 0.186 e. The topological polar surface area (TPSA) is 68.0 Å². The van der Waals surface area contributed by atoms with E-state index in [-0.39, 0.29) is 5.78 Å². The molecule has 1 aromatic heterocycles. The van der Waals surface area contributed by atoms with Crippen molar-refractivity contribution >= 4 is 11.6 Å². The number of aryl methyl sites for hydroxylation is 1. The molecular weight excluding hydrogens is 202 g/mol. The molecule has 0 spiro atoms. The van der Waals surface area contributed by atoms with Crippen LogP contribution in [0.1, 0.15) is 36.7 Å². The first-order valence-electron chi connectivity index (χ1n) is 5.41. The number of hydrogen-bond acceptors (Lipinski definition) is 4. The van der Waals surface area contributed by atoms with Crippen molar-refractivity contribution in [2.45, 2.75) is 33.2 Å². The standard InChI is InChI=1S/C12H19N3O/c1-5-15-12(3,4)10(16)9-8(2)6-7-14-11(9)13/h6-7,15H,5H2,1-4H3,(H2,13,14). The fourth-order valence-corrected chi connectivity index (χ4v) is 1.71. The van der Waals surface area contributed by atoms with Gasteiger partial charge in [0.05, 0.1) is 11.1 Å². The van der Waals surface area contributed by atoms with Crippen LogP contribution in [0.5, 0.6) is 0 Å². The number of nitrogens with zero attached hydrogens (tertiary/aromatic N) is 1. The van der Waals surface area contributed by atoms with Crippen LogP contribution in [-0.2, 0) is 0 Å². The minimum Gasteiger partial charge on any atom is -0.383 e. The maximum absolute atomic E-state index is 12.3. The van der Waals surface area contributed by atoms with E-state index in [1.165, 1.54) is 0 Å². The number of aromatic nitrogens is 1. The van der Waals surface area contributed by atoms with Crippen LogP contribution in [0.3, 0.4) is 0 Å². The van der Waals surface area contributed by atoms with Crippen molar-refractivity contribution in [3.63, 3.8) is 0 Å². The van der Waals surface area contributed by atoms with Crippen LogP contribution in [0, 0.1) is 6.92 Å². The fourth-order valence-electron chi connectivity index (χ4n) is 1.71. The van der Waals surface area contributed by atoms with Crippen LogP contribution >= 0.6 is 0 Å². The number of rotatable bonds is 4. The molecular formula is C12H19N3O. The van der Waals surface area contributed by atoms with Gasteiger partial charge in [-0.2, -0.15) is 0 Å². The zero-order valence-electron chi connectivity index (χ0n) is 10.3. The van der Waals surface area contributed by atoms with Crippen molar-refractivity contribution in [3.05, 3.63) is 23.4 Å². The number of ketones is 1. The van der Waals surface area contributed by atoms with Crippen LogP contribution < -0.4 is 11.1 Å². The summed E-state index contributed by atoms with van der Waals surface area (Å²) < 4.78 is 0. The first kappa shape index (κ1) is 12.6. The molecule has 0 saturated heterocycles. The van der Waals surface area contributed by atoms with Gasteiger partial charge in [0.25, 0.3) is 0 Å². The monoisotopic (exact) mass is 221 g/mol. The first-order valence-corrected chi connectivity index (χ1v) is 5.41. The van der Waals surface area contributed by atoms with E-state index in [4.69, 9.17) is 5.73 Å². The SMILES string of the molecule is CCNC(C)(C)C(=O)c1c(C)ccnc1N. The Morgan fingerprint density at radius 2 is 2.19 bits per heavy atom. The molecule has 0 fully saturated rings. The van der Waals surface area contributed by atoms with Crippen molar-refractivity contribution in [2.24, 2.45) is 0 Å². The Bertz CT molecular complexity index is 379. The lowest BCUT2D eigenvalue weighted by atomic mass is 9.91. The van der Waals surface area contributed by atoms with E-state index in [0.29, 0.717) is 11.4 Å². The van der Waals surface area contributed by atoms with Gasteiger partial charge in [-0.05, 0) is 38.9 Å². The zero-order chi connectivity index (χ0) is 12.3. The van der Waals surface area contributed by atoms with Crippen LogP contribution in [-0.4, -0.2) is 22.9 Å². The molecule has 0 aliphatic heterocycles. The summed E-state index contributed by atoms with van der Waals surface area (Å²) in [5.41, 5.74) is 6.53. The molecule has 0 amide bonds. The maximum atomic E-state index is 12.3. The third-order valence-electron chi connectivity index (χ3n) is 2.60. The van der Waals surface area contributed by atoms with Gasteiger partial charge < -0.3 is 11.1 Å². The summed E-state index contributed by atoms with van der Waals surface area (Å²) in [5.74, 6) is 0.286. The van der Waals surface area contributed by atoms with Crippen molar-refractivity contribution in [1.29, 1.82) is 0 Å². The Morgan fingerprint density at radius 3 is 2.69 bits per heavy atom. The highest BCUT2D eigenvalue weighted by Crippen LogP contribution is 2.20. The van der Waals surface area contributed by atoms with E-state index >= 15 is 0 Å². The summed E-state index contributed by atoms with van der Waals surface area (Å²) in [6, 6.07) is 1.80. The average Bonchev–Trinajstić information content (AvgIpc) is 2.17. The van der Waals surface area contributed by atoms with E-state index < -0.39 is 5.54 Å². The lowest BCUT2D eigenvalue weighted by molar-refractivity contribution is 0.0884. The number of likely N-dealkylation sites (N-methyl/N-ethyl adjacent to an activating group) is 1. The second kappa shape index (κ2) is 4.61. The number of nitrogen functional groups attached to an aromatic ring is 1. The number of pyridine rings is 1. The molecule has 0 aromatic carbocycles. The molecule has 0 aliphatic rings. The molecule has 88 valence electrons. The Morgan fingerprint density at radius 1 is 1.56 bits per heavy atom. The minimum absolute atomic E-state index is 0.0162. The van der Waals surface area contributed by atoms with Gasteiger partial charge in [-0.15, -0.1) is 0 Å². The Hall–Kier alpha value is -1.42. The van der Waals surface area contributed by atoms with Crippen LogP contribution in [0.25, 0.3) is 0 Å². The van der Waals surface area contributed by atoms with Crippen LogP contribution in [0.15, 0.2) is 12.3 Å². The number of nitrogens with one attached hydrogen (secondary N) is 1. The van der Waals surface area contributed by atoms with Gasteiger partial charge in [0.1, 0.15) is 5.82 Å². The second-order valence-corrected chi connectivity index (χ2v) is 4.37. The van der Waals surface area contributed by atoms with E-state index in [9.17, 15) is 4.79 Å². The van der Waals surface area contributed by atoms with Crippen LogP contribution in [0.4, 0.5) is 5.82 Å². The molecule has 0 bridgehead atoms. The summed E-state index contributed by atoms with van der Waals surface area (Å²) in [4.78, 5) is 16.3. The van der Waals surface area contributed by atoms with E-state index in [0.717, 1.165) is 12.1 Å². The molecule has 1 rings (SSSR count). The Kier molecular flexibility index (Phi) is 3.65. The lowest BCUT2D eigenvalue weighted by Gasteiger charge is -2.25. The largest absolute Gasteiger partial charge is 0.383 e. The Balaban J connectivity index is 3.14. The number of carbonyl (C=O) groups is 1. The molecule has 0 atom stereocenters. The molecule has 0 aliphatic carbocycles. The van der Waals surface area contributed by atoms with Gasteiger partial charge in [0, 0.05) is 6.20 Å². The smallest absolute Gasteiger partial charge is 0.186 e. The molecule has 0 radical (unpaired) electrons. The van der Waals surface area contributed by atoms with Gasteiger partial charge in [-0.1, -0.05) is 6.92 Å². The van der Waals surface area contributed by atoms with Crippen LogP contribution in [0.2, 0.25) is 0 Å². The van der Waals surface area contributed by atoms with Gasteiger partial charge in [0.15, 0.2) is 5.78 Å². The van der Waals surface area contributed by atoms with Crippen molar-refractivity contribution in [3.8, 4) is 0 Å². The third kappa shape index (κ3) is 2.39. The summed E-state index contributed by atoms with van der Waals surface area (Å²) in [6.45, 7) is 8.27. The van der Waals surface area contributed by atoms with Gasteiger partial charge in [0.2, 0.25) is 0 Å². The van der Waals surface area contributed by atoms with Crippen molar-refractivity contribution in [1.82, 2.24) is 10.3 Å². The lowest BCUT2D eigenvalue weighted by Crippen LogP contribution is -2.47. The first-order chi connectivity index (χ1) is 7.40. The highest BCUT2D eigenvalue weighted by atomic mass is 16.1. The van der Waals surface area contributed by atoms with Gasteiger partial charge in [-0.25, -0.2) is 4.98 Å². The minimum atomic E-state index is -0.614. The summed E-state index contributed by atoms with van der Waals surface area (Å²) in [6.07, 6.45) is 1.61. The highest BCUT2D eigenvalue weighted by molar-refractivity contribution is 6.06. The van der Waals surface area contributed by atoms with Crippen molar-refractivity contribution < 1.29 is 4.79 Å². The summed E-state index contributed by atoms with van der Waals surface area (Å²) >= 11 is 0. The molecule has 4 heteroatoms. The Labute approximate surface area is 96.3 Å². The predicted octanol–water partition coefficient (Wildman–Crippen LogP) is 1.54. The summed E-state index contributed by atoms with van der Waals surface area (Å²) in [5, 5.41) is 3.14. The predicted molar refractivity (Wildman–Crippen MR) is 65.5 cm³/mol. The number of Topliss-reactive ketones (excluding diaryl/α,β-unsaturated/α-hetero) is 1. The third-order valence-corrected chi connectivity index (χ3v) is 2.60. The summed E-state index contributed by atoms with van der Waals surface area (Å²) in [7, 11) is 0.